The second kappa shape index (κ2) is 9.82. The van der Waals surface area contributed by atoms with Crippen molar-refractivity contribution >= 4 is 18.1 Å². The molecule has 0 fully saturated rings. The van der Waals surface area contributed by atoms with Gasteiger partial charge in [-0.3, -0.25) is 4.79 Å². The van der Waals surface area contributed by atoms with Gasteiger partial charge in [0.05, 0.1) is 18.9 Å². The molecule has 0 aliphatic carbocycles. The lowest BCUT2D eigenvalue weighted by atomic mass is 10.1. The molecule has 2 N–H and O–H groups in total. The molecule has 166 valence electrons. The highest BCUT2D eigenvalue weighted by molar-refractivity contribution is 5.88. The molecule has 0 saturated heterocycles. The topological polar surface area (TPSA) is 102 Å². The summed E-state index contributed by atoms with van der Waals surface area (Å²) < 4.78 is 12.5. The van der Waals surface area contributed by atoms with Gasteiger partial charge in [-0.2, -0.15) is 5.10 Å². The Morgan fingerprint density at radius 1 is 1.06 bits per heavy atom. The SMILES string of the molecule is COc1ccc(OCC(=O)N/N=C/c2cc(C)n(-c3ccc(C(=O)O)cc3C)c2C)cc1. The number of hydrogen-bond acceptors (Lipinski definition) is 5. The number of amides is 1. The van der Waals surface area contributed by atoms with Gasteiger partial charge < -0.3 is 19.1 Å². The van der Waals surface area contributed by atoms with E-state index in [2.05, 4.69) is 10.5 Å². The number of rotatable bonds is 8. The third-order valence-electron chi connectivity index (χ3n) is 4.98. The molecule has 0 aliphatic heterocycles. The van der Waals surface area contributed by atoms with Crippen LogP contribution >= 0.6 is 0 Å². The van der Waals surface area contributed by atoms with Crippen LogP contribution in [0.2, 0.25) is 0 Å². The molecule has 32 heavy (non-hydrogen) atoms. The van der Waals surface area contributed by atoms with E-state index in [0.29, 0.717) is 11.5 Å². The predicted octanol–water partition coefficient (Wildman–Crippen LogP) is 3.64. The third-order valence-corrected chi connectivity index (χ3v) is 4.98. The Labute approximate surface area is 186 Å². The highest BCUT2D eigenvalue weighted by Crippen LogP contribution is 2.23. The Morgan fingerprint density at radius 2 is 1.75 bits per heavy atom. The summed E-state index contributed by atoms with van der Waals surface area (Å²) in [6.45, 7) is 5.60. The highest BCUT2D eigenvalue weighted by Gasteiger charge is 2.13. The van der Waals surface area contributed by atoms with E-state index in [4.69, 9.17) is 9.47 Å². The Bertz CT molecular complexity index is 1160. The minimum atomic E-state index is -0.958. The second-order valence-corrected chi connectivity index (χ2v) is 7.23. The van der Waals surface area contributed by atoms with E-state index in [9.17, 15) is 14.7 Å². The molecule has 3 rings (SSSR count). The number of benzene rings is 2. The average molecular weight is 435 g/mol. The van der Waals surface area contributed by atoms with Gasteiger partial charge in [0.15, 0.2) is 6.61 Å². The third kappa shape index (κ3) is 5.15. The summed E-state index contributed by atoms with van der Waals surface area (Å²) in [6, 6.07) is 13.9. The second-order valence-electron chi connectivity index (χ2n) is 7.23. The molecule has 8 nitrogen and oxygen atoms in total. The molecular weight excluding hydrogens is 410 g/mol. The number of carbonyl (C=O) groups is 2. The minimum absolute atomic E-state index is 0.169. The first-order valence-electron chi connectivity index (χ1n) is 9.92. The van der Waals surface area contributed by atoms with Crippen LogP contribution in [0.15, 0.2) is 53.6 Å². The van der Waals surface area contributed by atoms with Gasteiger partial charge in [0, 0.05) is 22.6 Å². The maximum Gasteiger partial charge on any atom is 0.335 e. The molecule has 0 spiro atoms. The van der Waals surface area contributed by atoms with Crippen LogP contribution in [0.4, 0.5) is 0 Å². The van der Waals surface area contributed by atoms with Crippen LogP contribution in [0.25, 0.3) is 5.69 Å². The number of hydrazone groups is 1. The van der Waals surface area contributed by atoms with Gasteiger partial charge >= 0.3 is 5.97 Å². The van der Waals surface area contributed by atoms with Gasteiger partial charge in [0.25, 0.3) is 5.91 Å². The zero-order valence-corrected chi connectivity index (χ0v) is 18.4. The summed E-state index contributed by atoms with van der Waals surface area (Å²) in [5.74, 6) is -0.0825. The van der Waals surface area contributed by atoms with Crippen molar-refractivity contribution in [3.63, 3.8) is 0 Å². The molecule has 0 unspecified atom stereocenters. The maximum atomic E-state index is 12.0. The predicted molar refractivity (Wildman–Crippen MR) is 121 cm³/mol. The van der Waals surface area contributed by atoms with Gasteiger partial charge in [-0.25, -0.2) is 10.2 Å². The summed E-state index contributed by atoms with van der Waals surface area (Å²) in [5.41, 5.74) is 7.15. The van der Waals surface area contributed by atoms with Crippen LogP contribution in [0, 0.1) is 20.8 Å². The van der Waals surface area contributed by atoms with E-state index in [0.717, 1.165) is 28.2 Å². The van der Waals surface area contributed by atoms with E-state index < -0.39 is 5.97 Å². The number of aromatic nitrogens is 1. The number of aromatic carboxylic acids is 1. The molecule has 1 aromatic heterocycles. The summed E-state index contributed by atoms with van der Waals surface area (Å²) in [7, 11) is 1.58. The molecule has 1 amide bonds. The standard InChI is InChI=1S/C24H25N3O5/c1-15-11-18(24(29)30)5-10-22(15)27-16(2)12-19(17(27)3)13-25-26-23(28)14-32-21-8-6-20(31-4)7-9-21/h5-13H,14H2,1-4H3,(H,26,28)(H,29,30)/b25-13+. The highest BCUT2D eigenvalue weighted by atomic mass is 16.5. The minimum Gasteiger partial charge on any atom is -0.497 e. The Hall–Kier alpha value is -4.07. The van der Waals surface area contributed by atoms with Gasteiger partial charge in [-0.1, -0.05) is 0 Å². The Kier molecular flexibility index (Phi) is 6.94. The van der Waals surface area contributed by atoms with E-state index in [1.54, 1.807) is 55.8 Å². The number of ether oxygens (including phenoxy) is 2. The smallest absolute Gasteiger partial charge is 0.335 e. The molecule has 0 atom stereocenters. The van der Waals surface area contributed by atoms with Crippen LogP contribution in [0.3, 0.4) is 0 Å². The summed E-state index contributed by atoms with van der Waals surface area (Å²) in [6.07, 6.45) is 1.57. The summed E-state index contributed by atoms with van der Waals surface area (Å²) in [4.78, 5) is 23.2. The number of methoxy groups -OCH3 is 1. The van der Waals surface area contributed by atoms with Crippen molar-refractivity contribution in [3.8, 4) is 17.2 Å². The van der Waals surface area contributed by atoms with Crippen molar-refractivity contribution in [1.82, 2.24) is 9.99 Å². The average Bonchev–Trinajstić information content (AvgIpc) is 3.05. The van der Waals surface area contributed by atoms with Crippen molar-refractivity contribution in [1.29, 1.82) is 0 Å². The molecule has 2 aromatic carbocycles. The zero-order valence-electron chi connectivity index (χ0n) is 18.4. The molecule has 0 bridgehead atoms. The van der Waals surface area contributed by atoms with Gasteiger partial charge in [-0.05, 0) is 74.9 Å². The van der Waals surface area contributed by atoms with Gasteiger partial charge in [-0.15, -0.1) is 0 Å². The largest absolute Gasteiger partial charge is 0.497 e. The fraction of sp³-hybridized carbons (Fsp3) is 0.208. The first kappa shape index (κ1) is 22.6. The number of aryl methyl sites for hydroxylation is 2. The molecule has 8 heteroatoms. The number of carboxylic acids is 1. The van der Waals surface area contributed by atoms with E-state index in [1.165, 1.54) is 0 Å². The van der Waals surface area contributed by atoms with Crippen LogP contribution in [-0.2, 0) is 4.79 Å². The molecule has 1 heterocycles. The summed E-state index contributed by atoms with van der Waals surface area (Å²) in [5, 5.41) is 13.2. The van der Waals surface area contributed by atoms with Crippen LogP contribution < -0.4 is 14.9 Å². The number of carboxylic acid groups (broad SMARTS) is 1. The molecule has 3 aromatic rings. The van der Waals surface area contributed by atoms with Crippen molar-refractivity contribution in [2.45, 2.75) is 20.8 Å². The fourth-order valence-electron chi connectivity index (χ4n) is 3.36. The van der Waals surface area contributed by atoms with Gasteiger partial charge in [0.2, 0.25) is 0 Å². The number of hydrogen-bond donors (Lipinski definition) is 2. The van der Waals surface area contributed by atoms with E-state index in [-0.39, 0.29) is 18.1 Å². The van der Waals surface area contributed by atoms with Crippen molar-refractivity contribution < 1.29 is 24.2 Å². The van der Waals surface area contributed by atoms with Crippen molar-refractivity contribution in [2.75, 3.05) is 13.7 Å². The van der Waals surface area contributed by atoms with Crippen LogP contribution in [0.5, 0.6) is 11.5 Å². The van der Waals surface area contributed by atoms with E-state index in [1.807, 2.05) is 31.4 Å². The number of carbonyl (C=O) groups excluding carboxylic acids is 1. The number of nitrogens with one attached hydrogen (secondary N) is 1. The molecule has 0 radical (unpaired) electrons. The van der Waals surface area contributed by atoms with Gasteiger partial charge in [0.1, 0.15) is 11.5 Å². The molecular formula is C24H25N3O5. The lowest BCUT2D eigenvalue weighted by Crippen LogP contribution is -2.24. The van der Waals surface area contributed by atoms with Crippen molar-refractivity contribution in [3.05, 3.63) is 76.6 Å². The van der Waals surface area contributed by atoms with Crippen LogP contribution in [-0.4, -0.2) is 41.5 Å². The quantitative estimate of drug-likeness (QED) is 0.415. The van der Waals surface area contributed by atoms with Crippen LogP contribution in [0.1, 0.15) is 32.9 Å². The fourth-order valence-corrected chi connectivity index (χ4v) is 3.36. The van der Waals surface area contributed by atoms with Crippen molar-refractivity contribution in [2.24, 2.45) is 5.10 Å². The first-order chi connectivity index (χ1) is 15.3. The Balaban J connectivity index is 1.65. The summed E-state index contributed by atoms with van der Waals surface area (Å²) >= 11 is 0. The Morgan fingerprint density at radius 3 is 2.38 bits per heavy atom. The van der Waals surface area contributed by atoms with E-state index >= 15 is 0 Å². The first-order valence-corrected chi connectivity index (χ1v) is 9.92. The monoisotopic (exact) mass is 435 g/mol. The molecule has 0 aliphatic rings. The zero-order chi connectivity index (χ0) is 23.3. The lowest BCUT2D eigenvalue weighted by Gasteiger charge is -2.13. The normalized spacial score (nSPS) is 10.9. The maximum absolute atomic E-state index is 12.0. The molecule has 0 saturated carbocycles. The lowest BCUT2D eigenvalue weighted by molar-refractivity contribution is -0.123. The number of nitrogens with zero attached hydrogens (tertiary/aromatic N) is 2.